The highest BCUT2D eigenvalue weighted by atomic mass is 19.1. The van der Waals surface area contributed by atoms with Gasteiger partial charge in [0.1, 0.15) is 5.82 Å². The quantitative estimate of drug-likeness (QED) is 0.380. The Kier molecular flexibility index (Phi) is 4.74. The summed E-state index contributed by atoms with van der Waals surface area (Å²) in [4.78, 5) is 6.45. The lowest BCUT2D eigenvalue weighted by Crippen LogP contribution is -2.43. The summed E-state index contributed by atoms with van der Waals surface area (Å²) in [5, 5.41) is 0. The first-order valence-electron chi connectivity index (χ1n) is 6.69. The molecule has 104 valence electrons. The number of guanidine groups is 1. The van der Waals surface area contributed by atoms with Gasteiger partial charge in [-0.3, -0.25) is 5.43 Å². The van der Waals surface area contributed by atoms with Crippen molar-refractivity contribution in [3.8, 4) is 0 Å². The molecular weight excluding hydrogens is 243 g/mol. The fraction of sp³-hybridized carbons (Fsp3) is 0.500. The van der Waals surface area contributed by atoms with Gasteiger partial charge in [0.15, 0.2) is 0 Å². The second-order valence-corrected chi connectivity index (χ2v) is 4.98. The van der Waals surface area contributed by atoms with Crippen molar-refractivity contribution in [1.29, 1.82) is 0 Å². The lowest BCUT2D eigenvalue weighted by molar-refractivity contribution is 0.456. The molecule has 3 N–H and O–H groups in total. The molecule has 0 aliphatic heterocycles. The first kappa shape index (κ1) is 13.8. The number of hydrazine groups is 1. The van der Waals surface area contributed by atoms with E-state index < -0.39 is 0 Å². The first-order chi connectivity index (χ1) is 9.20. The molecule has 2 rings (SSSR count). The van der Waals surface area contributed by atoms with Crippen LogP contribution in [0.3, 0.4) is 0 Å². The molecule has 0 saturated heterocycles. The SMILES string of the molecule is CN(Cc1ccccc1F)C(=NC1CCCC1)NN. The second kappa shape index (κ2) is 6.52. The third-order valence-corrected chi connectivity index (χ3v) is 3.49. The maximum absolute atomic E-state index is 13.6. The lowest BCUT2D eigenvalue weighted by Gasteiger charge is -2.22. The van der Waals surface area contributed by atoms with Crippen molar-refractivity contribution in [2.75, 3.05) is 7.05 Å². The van der Waals surface area contributed by atoms with Crippen LogP contribution in [0.25, 0.3) is 0 Å². The zero-order chi connectivity index (χ0) is 13.7. The zero-order valence-corrected chi connectivity index (χ0v) is 11.3. The third-order valence-electron chi connectivity index (χ3n) is 3.49. The van der Waals surface area contributed by atoms with Crippen LogP contribution in [-0.2, 0) is 6.54 Å². The predicted molar refractivity (Wildman–Crippen MR) is 74.9 cm³/mol. The number of hydrogen-bond acceptors (Lipinski definition) is 2. The minimum absolute atomic E-state index is 0.202. The summed E-state index contributed by atoms with van der Waals surface area (Å²) in [5.74, 6) is 5.95. The summed E-state index contributed by atoms with van der Waals surface area (Å²) < 4.78 is 13.6. The number of nitrogens with two attached hydrogens (primary N) is 1. The molecule has 5 heteroatoms. The van der Waals surface area contributed by atoms with Gasteiger partial charge in [-0.05, 0) is 18.9 Å². The normalized spacial score (nSPS) is 16.7. The van der Waals surface area contributed by atoms with Crippen LogP contribution in [-0.4, -0.2) is 23.9 Å². The molecule has 1 aliphatic carbocycles. The molecule has 0 atom stereocenters. The summed E-state index contributed by atoms with van der Waals surface area (Å²) in [7, 11) is 1.86. The summed E-state index contributed by atoms with van der Waals surface area (Å²) in [5.41, 5.74) is 3.26. The average molecular weight is 264 g/mol. The highest BCUT2D eigenvalue weighted by molar-refractivity contribution is 5.79. The van der Waals surface area contributed by atoms with Crippen molar-refractivity contribution in [2.24, 2.45) is 10.8 Å². The monoisotopic (exact) mass is 264 g/mol. The summed E-state index contributed by atoms with van der Waals surface area (Å²) >= 11 is 0. The van der Waals surface area contributed by atoms with Crippen molar-refractivity contribution in [2.45, 2.75) is 38.3 Å². The molecule has 0 unspecified atom stereocenters. The molecule has 0 bridgehead atoms. The van der Waals surface area contributed by atoms with Gasteiger partial charge in [-0.1, -0.05) is 31.0 Å². The minimum Gasteiger partial charge on any atom is -0.341 e. The Hall–Kier alpha value is -1.62. The van der Waals surface area contributed by atoms with Crippen molar-refractivity contribution < 1.29 is 4.39 Å². The molecular formula is C14H21FN4. The first-order valence-corrected chi connectivity index (χ1v) is 6.69. The number of rotatable bonds is 3. The molecule has 0 aromatic heterocycles. The van der Waals surface area contributed by atoms with Gasteiger partial charge in [0.05, 0.1) is 6.04 Å². The Bertz CT molecular complexity index is 441. The highest BCUT2D eigenvalue weighted by Gasteiger charge is 2.16. The van der Waals surface area contributed by atoms with E-state index in [9.17, 15) is 4.39 Å². The van der Waals surface area contributed by atoms with Crippen LogP contribution in [0.5, 0.6) is 0 Å². The van der Waals surface area contributed by atoms with E-state index in [0.717, 1.165) is 12.8 Å². The molecule has 1 fully saturated rings. The molecule has 0 radical (unpaired) electrons. The van der Waals surface area contributed by atoms with E-state index in [1.54, 1.807) is 12.1 Å². The molecule has 1 saturated carbocycles. The molecule has 0 spiro atoms. The molecule has 4 nitrogen and oxygen atoms in total. The van der Waals surface area contributed by atoms with Gasteiger partial charge in [-0.15, -0.1) is 0 Å². The molecule has 19 heavy (non-hydrogen) atoms. The summed E-state index contributed by atoms with van der Waals surface area (Å²) in [6.45, 7) is 0.447. The highest BCUT2D eigenvalue weighted by Crippen LogP contribution is 2.21. The number of benzene rings is 1. The smallest absolute Gasteiger partial charge is 0.208 e. The Morgan fingerprint density at radius 2 is 2.11 bits per heavy atom. The fourth-order valence-corrected chi connectivity index (χ4v) is 2.41. The number of nitrogens with zero attached hydrogens (tertiary/aromatic N) is 2. The van der Waals surface area contributed by atoms with Gasteiger partial charge < -0.3 is 4.90 Å². The average Bonchev–Trinajstić information content (AvgIpc) is 2.91. The van der Waals surface area contributed by atoms with E-state index in [1.165, 1.54) is 18.9 Å². The Balaban J connectivity index is 2.04. The lowest BCUT2D eigenvalue weighted by atomic mass is 10.2. The van der Waals surface area contributed by atoms with Crippen LogP contribution in [0.1, 0.15) is 31.2 Å². The second-order valence-electron chi connectivity index (χ2n) is 4.98. The van der Waals surface area contributed by atoms with Crippen LogP contribution in [0.15, 0.2) is 29.3 Å². The van der Waals surface area contributed by atoms with Crippen LogP contribution in [0.4, 0.5) is 4.39 Å². The predicted octanol–water partition coefficient (Wildman–Crippen LogP) is 2.02. The number of halogens is 1. The van der Waals surface area contributed by atoms with Crippen LogP contribution >= 0.6 is 0 Å². The fourth-order valence-electron chi connectivity index (χ4n) is 2.41. The van der Waals surface area contributed by atoms with Crippen LogP contribution in [0, 0.1) is 5.82 Å². The van der Waals surface area contributed by atoms with Crippen LogP contribution < -0.4 is 11.3 Å². The van der Waals surface area contributed by atoms with Gasteiger partial charge in [-0.25, -0.2) is 15.2 Å². The summed E-state index contributed by atoms with van der Waals surface area (Å²) in [6, 6.07) is 7.10. The maximum atomic E-state index is 13.6. The van der Waals surface area contributed by atoms with Gasteiger partial charge >= 0.3 is 0 Å². The van der Waals surface area contributed by atoms with Crippen molar-refractivity contribution in [3.63, 3.8) is 0 Å². The molecule has 1 aromatic carbocycles. The van der Waals surface area contributed by atoms with E-state index in [2.05, 4.69) is 10.4 Å². The van der Waals surface area contributed by atoms with Gasteiger partial charge in [0.2, 0.25) is 5.96 Å². The molecule has 1 aromatic rings. The number of hydrogen-bond donors (Lipinski definition) is 2. The van der Waals surface area contributed by atoms with Crippen molar-refractivity contribution >= 4 is 5.96 Å². The van der Waals surface area contributed by atoms with Gasteiger partial charge in [0.25, 0.3) is 0 Å². The Morgan fingerprint density at radius 3 is 2.74 bits per heavy atom. The van der Waals surface area contributed by atoms with Gasteiger partial charge in [0, 0.05) is 19.2 Å². The van der Waals surface area contributed by atoms with E-state index >= 15 is 0 Å². The van der Waals surface area contributed by atoms with Crippen molar-refractivity contribution in [3.05, 3.63) is 35.6 Å². The zero-order valence-electron chi connectivity index (χ0n) is 11.3. The van der Waals surface area contributed by atoms with Crippen LogP contribution in [0.2, 0.25) is 0 Å². The standard InChI is InChI=1S/C14H21FN4/c1-19(10-11-6-2-5-9-13(11)15)14(18-16)17-12-7-3-4-8-12/h2,5-6,9,12H,3-4,7-8,10,16H2,1H3,(H,17,18). The minimum atomic E-state index is -0.202. The largest absolute Gasteiger partial charge is 0.341 e. The Morgan fingerprint density at radius 1 is 1.42 bits per heavy atom. The third kappa shape index (κ3) is 3.67. The topological polar surface area (TPSA) is 53.6 Å². The van der Waals surface area contributed by atoms with Gasteiger partial charge in [-0.2, -0.15) is 0 Å². The van der Waals surface area contributed by atoms with Crippen molar-refractivity contribution in [1.82, 2.24) is 10.3 Å². The maximum Gasteiger partial charge on any atom is 0.208 e. The number of aliphatic imine (C=N–C) groups is 1. The van der Waals surface area contributed by atoms with E-state index in [0.29, 0.717) is 24.1 Å². The molecule has 1 aliphatic rings. The van der Waals surface area contributed by atoms with E-state index in [4.69, 9.17) is 5.84 Å². The Labute approximate surface area is 113 Å². The summed E-state index contributed by atoms with van der Waals surface area (Å²) in [6.07, 6.45) is 4.67. The number of nitrogens with one attached hydrogen (secondary N) is 1. The molecule has 0 heterocycles. The van der Waals surface area contributed by atoms with E-state index in [-0.39, 0.29) is 5.82 Å². The molecule has 0 amide bonds. The van der Waals surface area contributed by atoms with E-state index in [1.807, 2.05) is 18.0 Å².